The Bertz CT molecular complexity index is 766. The highest BCUT2D eigenvalue weighted by atomic mass is 79.9. The molecule has 21 heavy (non-hydrogen) atoms. The highest BCUT2D eigenvalue weighted by Gasteiger charge is 2.23. The fourth-order valence-electron chi connectivity index (χ4n) is 2.30. The number of carbonyl (C=O) groups is 1. The number of halogens is 2. The maximum Gasteiger partial charge on any atom is 0.341 e. The Hall–Kier alpha value is -1.59. The van der Waals surface area contributed by atoms with Gasteiger partial charge in [0.05, 0.1) is 10.2 Å². The second-order valence-corrected chi connectivity index (χ2v) is 5.74. The van der Waals surface area contributed by atoms with Gasteiger partial charge in [0.2, 0.25) is 5.43 Å². The van der Waals surface area contributed by atoms with Crippen LogP contribution in [0.5, 0.6) is 0 Å². The average Bonchev–Trinajstić information content (AvgIpc) is 2.45. The van der Waals surface area contributed by atoms with Crippen molar-refractivity contribution >= 4 is 33.5 Å². The molecule has 0 aliphatic heterocycles. The molecule has 110 valence electrons. The molecule has 0 saturated heterocycles. The van der Waals surface area contributed by atoms with E-state index < -0.39 is 11.4 Å². The number of benzene rings is 1. The van der Waals surface area contributed by atoms with Gasteiger partial charge < -0.3 is 9.67 Å². The molecule has 1 aromatic carbocycles. The standard InChI is InChI=1S/C15H13BrClNO3/c1-3-18-8(2)12(16)14(19)11(15(20)21)13(18)9-4-6-10(17)7-5-9/h4-7H,3H2,1-2H3,(H,20,21). The fraction of sp³-hybridized carbons (Fsp3) is 0.200. The van der Waals surface area contributed by atoms with Crippen molar-refractivity contribution in [3.63, 3.8) is 0 Å². The zero-order valence-electron chi connectivity index (χ0n) is 11.5. The third kappa shape index (κ3) is 2.76. The van der Waals surface area contributed by atoms with E-state index in [-0.39, 0.29) is 10.0 Å². The first-order valence-electron chi connectivity index (χ1n) is 6.30. The van der Waals surface area contributed by atoms with E-state index in [0.29, 0.717) is 28.5 Å². The molecule has 1 N–H and O–H groups in total. The van der Waals surface area contributed by atoms with Gasteiger partial charge in [-0.25, -0.2) is 4.79 Å². The second-order valence-electron chi connectivity index (χ2n) is 4.51. The third-order valence-electron chi connectivity index (χ3n) is 3.30. The lowest BCUT2D eigenvalue weighted by molar-refractivity contribution is 0.0695. The largest absolute Gasteiger partial charge is 0.477 e. The minimum atomic E-state index is -1.24. The van der Waals surface area contributed by atoms with Crippen molar-refractivity contribution < 1.29 is 9.90 Å². The van der Waals surface area contributed by atoms with Crippen molar-refractivity contribution in [3.8, 4) is 11.3 Å². The van der Waals surface area contributed by atoms with Crippen LogP contribution in [0.4, 0.5) is 0 Å². The zero-order valence-corrected chi connectivity index (χ0v) is 13.8. The predicted octanol–water partition coefficient (Wildman–Crippen LogP) is 3.96. The first-order chi connectivity index (χ1) is 9.88. The monoisotopic (exact) mass is 369 g/mol. The van der Waals surface area contributed by atoms with Crippen LogP contribution in [-0.2, 0) is 6.54 Å². The Morgan fingerprint density at radius 1 is 1.33 bits per heavy atom. The SMILES string of the molecule is CCn1c(C)c(Br)c(=O)c(C(=O)O)c1-c1ccc(Cl)cc1. The highest BCUT2D eigenvalue weighted by molar-refractivity contribution is 9.10. The van der Waals surface area contributed by atoms with E-state index in [9.17, 15) is 14.7 Å². The summed E-state index contributed by atoms with van der Waals surface area (Å²) in [6.45, 7) is 4.22. The number of hydrogen-bond donors (Lipinski definition) is 1. The molecule has 0 bridgehead atoms. The van der Waals surface area contributed by atoms with Gasteiger partial charge in [-0.15, -0.1) is 0 Å². The van der Waals surface area contributed by atoms with E-state index in [1.54, 1.807) is 35.8 Å². The van der Waals surface area contributed by atoms with Crippen LogP contribution in [0.3, 0.4) is 0 Å². The molecular weight excluding hydrogens is 358 g/mol. The van der Waals surface area contributed by atoms with Gasteiger partial charge in [-0.1, -0.05) is 23.7 Å². The van der Waals surface area contributed by atoms with Gasteiger partial charge in [0.15, 0.2) is 0 Å². The Morgan fingerprint density at radius 3 is 2.38 bits per heavy atom. The summed E-state index contributed by atoms with van der Waals surface area (Å²) in [5, 5.41) is 9.99. The molecule has 2 rings (SSSR count). The van der Waals surface area contributed by atoms with Crippen molar-refractivity contribution in [1.82, 2.24) is 4.57 Å². The topological polar surface area (TPSA) is 59.3 Å². The molecule has 0 aliphatic carbocycles. The van der Waals surface area contributed by atoms with Gasteiger partial charge in [0.25, 0.3) is 0 Å². The van der Waals surface area contributed by atoms with Gasteiger partial charge >= 0.3 is 5.97 Å². The summed E-state index contributed by atoms with van der Waals surface area (Å²) >= 11 is 9.06. The molecule has 0 fully saturated rings. The second kappa shape index (κ2) is 6.03. The zero-order chi connectivity index (χ0) is 15.7. The average molecular weight is 371 g/mol. The van der Waals surface area contributed by atoms with E-state index in [1.807, 2.05) is 6.92 Å². The highest BCUT2D eigenvalue weighted by Crippen LogP contribution is 2.27. The number of nitrogens with zero attached hydrogens (tertiary/aromatic N) is 1. The van der Waals surface area contributed by atoms with E-state index in [4.69, 9.17) is 11.6 Å². The van der Waals surface area contributed by atoms with Crippen molar-refractivity contribution in [2.75, 3.05) is 0 Å². The molecule has 4 nitrogen and oxygen atoms in total. The summed E-state index contributed by atoms with van der Waals surface area (Å²) in [5.74, 6) is -1.24. The van der Waals surface area contributed by atoms with Crippen LogP contribution in [0.25, 0.3) is 11.3 Å². The summed E-state index contributed by atoms with van der Waals surface area (Å²) in [5.41, 5.74) is 0.975. The smallest absolute Gasteiger partial charge is 0.341 e. The quantitative estimate of drug-likeness (QED) is 0.889. The lowest BCUT2D eigenvalue weighted by Crippen LogP contribution is -2.24. The van der Waals surface area contributed by atoms with Crippen molar-refractivity contribution in [3.05, 3.63) is 55.2 Å². The minimum Gasteiger partial charge on any atom is -0.477 e. The molecule has 0 spiro atoms. The number of hydrogen-bond acceptors (Lipinski definition) is 2. The molecular formula is C15H13BrClNO3. The molecule has 0 amide bonds. The molecule has 0 aliphatic rings. The van der Waals surface area contributed by atoms with Crippen LogP contribution in [0.15, 0.2) is 33.5 Å². The van der Waals surface area contributed by atoms with Crippen LogP contribution < -0.4 is 5.43 Å². The molecule has 2 aromatic rings. The molecule has 0 atom stereocenters. The first-order valence-corrected chi connectivity index (χ1v) is 7.47. The normalized spacial score (nSPS) is 10.7. The molecule has 1 aromatic heterocycles. The molecule has 0 unspecified atom stereocenters. The van der Waals surface area contributed by atoms with Crippen molar-refractivity contribution in [1.29, 1.82) is 0 Å². The molecule has 0 saturated carbocycles. The van der Waals surface area contributed by atoms with Gasteiger partial charge in [0, 0.05) is 17.3 Å². The van der Waals surface area contributed by atoms with E-state index >= 15 is 0 Å². The van der Waals surface area contributed by atoms with Crippen molar-refractivity contribution in [2.45, 2.75) is 20.4 Å². The van der Waals surface area contributed by atoms with Crippen LogP contribution in [-0.4, -0.2) is 15.6 Å². The number of aromatic carboxylic acids is 1. The number of pyridine rings is 1. The lowest BCUT2D eigenvalue weighted by Gasteiger charge is -2.19. The van der Waals surface area contributed by atoms with Gasteiger partial charge in [-0.3, -0.25) is 4.79 Å². The summed E-state index contributed by atoms with van der Waals surface area (Å²) in [6, 6.07) is 6.76. The minimum absolute atomic E-state index is 0.239. The van der Waals surface area contributed by atoms with Crippen LogP contribution >= 0.6 is 27.5 Å². The Labute approximate surface area is 135 Å². The Kier molecular flexibility index (Phi) is 4.54. The summed E-state index contributed by atoms with van der Waals surface area (Å²) in [6.07, 6.45) is 0. The van der Waals surface area contributed by atoms with Crippen LogP contribution in [0.2, 0.25) is 5.02 Å². The maximum atomic E-state index is 12.3. The Morgan fingerprint density at radius 2 is 1.90 bits per heavy atom. The Balaban J connectivity index is 2.94. The van der Waals surface area contributed by atoms with Gasteiger partial charge in [-0.2, -0.15) is 0 Å². The van der Waals surface area contributed by atoms with Crippen molar-refractivity contribution in [2.24, 2.45) is 0 Å². The maximum absolute atomic E-state index is 12.3. The van der Waals surface area contributed by atoms with E-state index in [0.717, 1.165) is 0 Å². The third-order valence-corrected chi connectivity index (χ3v) is 4.49. The number of carboxylic acid groups (broad SMARTS) is 1. The van der Waals surface area contributed by atoms with Crippen LogP contribution in [0, 0.1) is 6.92 Å². The molecule has 0 radical (unpaired) electrons. The summed E-state index contributed by atoms with van der Waals surface area (Å²) in [4.78, 5) is 23.8. The molecule has 6 heteroatoms. The van der Waals surface area contributed by atoms with Gasteiger partial charge in [-0.05, 0) is 47.5 Å². The molecule has 1 heterocycles. The summed E-state index contributed by atoms with van der Waals surface area (Å²) in [7, 11) is 0. The predicted molar refractivity (Wildman–Crippen MR) is 86.2 cm³/mol. The summed E-state index contributed by atoms with van der Waals surface area (Å²) < 4.78 is 2.08. The van der Waals surface area contributed by atoms with Gasteiger partial charge in [0.1, 0.15) is 5.56 Å². The van der Waals surface area contributed by atoms with E-state index in [1.165, 1.54) is 0 Å². The van der Waals surface area contributed by atoms with Crippen LogP contribution in [0.1, 0.15) is 23.0 Å². The number of rotatable bonds is 3. The fourth-order valence-corrected chi connectivity index (χ4v) is 2.84. The number of aromatic nitrogens is 1. The first kappa shape index (κ1) is 15.8. The number of carboxylic acids is 1. The van der Waals surface area contributed by atoms with E-state index in [2.05, 4.69) is 15.9 Å². The lowest BCUT2D eigenvalue weighted by atomic mass is 10.0.